The van der Waals surface area contributed by atoms with Gasteiger partial charge in [0.1, 0.15) is 5.84 Å². The third-order valence-corrected chi connectivity index (χ3v) is 4.15. The first kappa shape index (κ1) is 14.2. The smallest absolute Gasteiger partial charge is 0.122 e. The molecule has 0 amide bonds. The number of benzene rings is 1. The molecular weight excluding hydrogens is 260 g/mol. The number of piperazine rings is 1. The number of rotatable bonds is 3. The van der Waals surface area contributed by atoms with Crippen molar-refractivity contribution < 1.29 is 0 Å². The molecule has 1 aliphatic rings. The molecule has 2 rings (SSSR count). The van der Waals surface area contributed by atoms with Gasteiger partial charge in [0.25, 0.3) is 0 Å². The van der Waals surface area contributed by atoms with Gasteiger partial charge in [-0.2, -0.15) is 0 Å². The van der Waals surface area contributed by atoms with Crippen molar-refractivity contribution >= 4 is 23.1 Å². The number of hydrogen-bond acceptors (Lipinski definition) is 3. The van der Waals surface area contributed by atoms with Crippen molar-refractivity contribution in [1.29, 1.82) is 5.41 Å². The van der Waals surface area contributed by atoms with Crippen molar-refractivity contribution in [1.82, 2.24) is 4.90 Å². The highest BCUT2D eigenvalue weighted by Crippen LogP contribution is 2.29. The van der Waals surface area contributed by atoms with Crippen LogP contribution >= 0.6 is 11.6 Å². The highest BCUT2D eigenvalue weighted by molar-refractivity contribution is 6.33. The van der Waals surface area contributed by atoms with E-state index in [1.54, 1.807) is 6.07 Å². The van der Waals surface area contributed by atoms with E-state index in [-0.39, 0.29) is 5.84 Å². The molecule has 0 saturated carbocycles. The van der Waals surface area contributed by atoms with Crippen molar-refractivity contribution in [2.75, 3.05) is 31.6 Å². The Hall–Kier alpha value is -1.26. The topological polar surface area (TPSA) is 56.4 Å². The summed E-state index contributed by atoms with van der Waals surface area (Å²) < 4.78 is 0. The zero-order chi connectivity index (χ0) is 14.0. The monoisotopic (exact) mass is 280 g/mol. The summed E-state index contributed by atoms with van der Waals surface area (Å²) in [7, 11) is 2.17. The van der Waals surface area contributed by atoms with E-state index in [1.165, 1.54) is 0 Å². The third-order valence-electron chi connectivity index (χ3n) is 3.85. The zero-order valence-corrected chi connectivity index (χ0v) is 12.2. The van der Waals surface area contributed by atoms with E-state index in [9.17, 15) is 0 Å². The van der Waals surface area contributed by atoms with Gasteiger partial charge in [-0.05, 0) is 31.7 Å². The minimum absolute atomic E-state index is 0.0539. The summed E-state index contributed by atoms with van der Waals surface area (Å²) in [5, 5.41) is 8.11. The van der Waals surface area contributed by atoms with Crippen molar-refractivity contribution in [3.05, 3.63) is 28.8 Å². The molecule has 1 unspecified atom stereocenters. The fourth-order valence-corrected chi connectivity index (χ4v) is 2.84. The van der Waals surface area contributed by atoms with Crippen LogP contribution in [-0.2, 0) is 0 Å². The van der Waals surface area contributed by atoms with Gasteiger partial charge in [0.15, 0.2) is 0 Å². The van der Waals surface area contributed by atoms with Crippen molar-refractivity contribution in [3.8, 4) is 0 Å². The lowest BCUT2D eigenvalue weighted by atomic mass is 10.1. The summed E-state index contributed by atoms with van der Waals surface area (Å²) >= 11 is 6.33. The summed E-state index contributed by atoms with van der Waals surface area (Å²) in [6.07, 6.45) is 1.14. The van der Waals surface area contributed by atoms with Gasteiger partial charge in [-0.25, -0.2) is 0 Å². The second-order valence-corrected chi connectivity index (χ2v) is 5.48. The summed E-state index contributed by atoms with van der Waals surface area (Å²) in [5.41, 5.74) is 7.19. The van der Waals surface area contributed by atoms with E-state index in [1.807, 2.05) is 12.1 Å². The largest absolute Gasteiger partial charge is 0.384 e. The predicted molar refractivity (Wildman–Crippen MR) is 81.4 cm³/mol. The average Bonchev–Trinajstić information content (AvgIpc) is 2.39. The number of halogens is 1. The molecule has 0 radical (unpaired) electrons. The lowest BCUT2D eigenvalue weighted by Gasteiger charge is -2.40. The lowest BCUT2D eigenvalue weighted by Crippen LogP contribution is -2.51. The highest BCUT2D eigenvalue weighted by Gasteiger charge is 2.24. The highest BCUT2D eigenvalue weighted by atomic mass is 35.5. The van der Waals surface area contributed by atoms with E-state index in [2.05, 4.69) is 23.8 Å². The van der Waals surface area contributed by atoms with E-state index in [4.69, 9.17) is 22.7 Å². The van der Waals surface area contributed by atoms with Crippen LogP contribution in [0.15, 0.2) is 18.2 Å². The van der Waals surface area contributed by atoms with Crippen LogP contribution in [0.25, 0.3) is 0 Å². The Labute approximate surface area is 119 Å². The third kappa shape index (κ3) is 3.01. The molecule has 0 aliphatic carbocycles. The SMILES string of the molecule is CCC1CN(c2ccc(C(=N)N)cc2Cl)CCN1C. The molecule has 0 spiro atoms. The van der Waals surface area contributed by atoms with Crippen LogP contribution in [0.2, 0.25) is 5.02 Å². The second-order valence-electron chi connectivity index (χ2n) is 5.07. The van der Waals surface area contributed by atoms with Crippen LogP contribution in [0.3, 0.4) is 0 Å². The first-order valence-electron chi connectivity index (χ1n) is 6.62. The number of nitrogens with two attached hydrogens (primary N) is 1. The molecule has 4 nitrogen and oxygen atoms in total. The van der Waals surface area contributed by atoms with E-state index < -0.39 is 0 Å². The summed E-state index contributed by atoms with van der Waals surface area (Å²) in [6, 6.07) is 6.18. The zero-order valence-electron chi connectivity index (χ0n) is 11.5. The molecule has 1 fully saturated rings. The summed E-state index contributed by atoms with van der Waals surface area (Å²) in [4.78, 5) is 4.72. The number of nitrogens with zero attached hydrogens (tertiary/aromatic N) is 2. The minimum Gasteiger partial charge on any atom is -0.384 e. The number of amidine groups is 1. The van der Waals surface area contributed by atoms with Crippen LogP contribution in [0, 0.1) is 5.41 Å². The van der Waals surface area contributed by atoms with Crippen molar-refractivity contribution in [3.63, 3.8) is 0 Å². The maximum atomic E-state index is 7.43. The maximum Gasteiger partial charge on any atom is 0.122 e. The number of nitrogens with one attached hydrogen (secondary N) is 1. The Balaban J connectivity index is 2.20. The van der Waals surface area contributed by atoms with Crippen molar-refractivity contribution in [2.24, 2.45) is 5.73 Å². The molecule has 1 aromatic carbocycles. The molecule has 104 valence electrons. The average molecular weight is 281 g/mol. The standard InChI is InChI=1S/C14H21ClN4/c1-3-11-9-19(7-6-18(11)2)13-5-4-10(14(16)17)8-12(13)15/h4-5,8,11H,3,6-7,9H2,1-2H3,(H3,16,17). The molecule has 1 atom stereocenters. The van der Waals surface area contributed by atoms with Gasteiger partial charge < -0.3 is 10.6 Å². The molecule has 1 aromatic rings. The van der Waals surface area contributed by atoms with Gasteiger partial charge in [0.05, 0.1) is 10.7 Å². The van der Waals surface area contributed by atoms with Crippen LogP contribution in [0.4, 0.5) is 5.69 Å². The van der Waals surface area contributed by atoms with Crippen LogP contribution in [-0.4, -0.2) is 43.5 Å². The van der Waals surface area contributed by atoms with Gasteiger partial charge in [-0.15, -0.1) is 0 Å². The molecule has 3 N–H and O–H groups in total. The first-order valence-corrected chi connectivity index (χ1v) is 6.99. The summed E-state index contributed by atoms with van der Waals surface area (Å²) in [5.74, 6) is 0.0539. The molecular formula is C14H21ClN4. The Morgan fingerprint density at radius 2 is 2.21 bits per heavy atom. The Morgan fingerprint density at radius 1 is 1.47 bits per heavy atom. The molecule has 1 heterocycles. The number of anilines is 1. The number of hydrogen-bond donors (Lipinski definition) is 2. The van der Waals surface area contributed by atoms with Crippen molar-refractivity contribution in [2.45, 2.75) is 19.4 Å². The fourth-order valence-electron chi connectivity index (χ4n) is 2.54. The maximum absolute atomic E-state index is 7.43. The normalized spacial score (nSPS) is 20.6. The van der Waals surface area contributed by atoms with E-state index in [0.29, 0.717) is 16.6 Å². The number of likely N-dealkylation sites (N-methyl/N-ethyl adjacent to an activating group) is 1. The van der Waals surface area contributed by atoms with Gasteiger partial charge in [0, 0.05) is 31.2 Å². The molecule has 0 bridgehead atoms. The lowest BCUT2D eigenvalue weighted by molar-refractivity contribution is 0.213. The Morgan fingerprint density at radius 3 is 2.79 bits per heavy atom. The molecule has 1 saturated heterocycles. The quantitative estimate of drug-likeness (QED) is 0.659. The first-order chi connectivity index (χ1) is 9.02. The molecule has 1 aliphatic heterocycles. The minimum atomic E-state index is 0.0539. The van der Waals surface area contributed by atoms with Gasteiger partial charge in [-0.1, -0.05) is 18.5 Å². The number of nitrogen functional groups attached to an aromatic ring is 1. The van der Waals surface area contributed by atoms with Crippen LogP contribution < -0.4 is 10.6 Å². The van der Waals surface area contributed by atoms with Gasteiger partial charge in [-0.3, -0.25) is 10.3 Å². The summed E-state index contributed by atoms with van der Waals surface area (Å²) in [6.45, 7) is 5.23. The van der Waals surface area contributed by atoms with Gasteiger partial charge >= 0.3 is 0 Å². The molecule has 19 heavy (non-hydrogen) atoms. The Kier molecular flexibility index (Phi) is 4.32. The van der Waals surface area contributed by atoms with E-state index >= 15 is 0 Å². The van der Waals surface area contributed by atoms with Crippen LogP contribution in [0.5, 0.6) is 0 Å². The Bertz CT molecular complexity index is 475. The van der Waals surface area contributed by atoms with Gasteiger partial charge in [0.2, 0.25) is 0 Å². The second kappa shape index (κ2) is 5.80. The predicted octanol–water partition coefficient (Wildman–Crippen LogP) is 2.15. The van der Waals surface area contributed by atoms with E-state index in [0.717, 1.165) is 31.7 Å². The molecule has 0 aromatic heterocycles. The van der Waals surface area contributed by atoms with Crippen LogP contribution in [0.1, 0.15) is 18.9 Å². The fraction of sp³-hybridized carbons (Fsp3) is 0.500. The molecule has 5 heteroatoms.